The molecular weight excluding hydrogens is 226 g/mol. The number of hydrogen-bond donors (Lipinski definition) is 2. The Bertz CT molecular complexity index is 260. The number of nitrogens with two attached hydrogens (primary N) is 1. The standard InChI is InChI=1S/C14H29N3O/c1-12(7-6-10-15)13(18)16-11-14(17(2)3)8-4-5-9-14/h12H,4-11,15H2,1-3H3,(H,16,18). The second-order valence-corrected chi connectivity index (χ2v) is 5.88. The van der Waals surface area contributed by atoms with Gasteiger partial charge in [-0.05, 0) is 46.3 Å². The van der Waals surface area contributed by atoms with E-state index in [0.717, 1.165) is 19.4 Å². The van der Waals surface area contributed by atoms with E-state index in [9.17, 15) is 4.79 Å². The van der Waals surface area contributed by atoms with Crippen LogP contribution in [0.25, 0.3) is 0 Å². The Morgan fingerprint density at radius 2 is 2.00 bits per heavy atom. The van der Waals surface area contributed by atoms with Crippen molar-refractivity contribution in [2.45, 2.75) is 51.0 Å². The van der Waals surface area contributed by atoms with E-state index < -0.39 is 0 Å². The molecule has 1 aliphatic rings. The number of amides is 1. The van der Waals surface area contributed by atoms with Crippen molar-refractivity contribution in [3.8, 4) is 0 Å². The lowest BCUT2D eigenvalue weighted by Gasteiger charge is -2.36. The van der Waals surface area contributed by atoms with Crippen LogP contribution in [0, 0.1) is 5.92 Å². The summed E-state index contributed by atoms with van der Waals surface area (Å²) in [5.74, 6) is 0.255. The lowest BCUT2D eigenvalue weighted by atomic mass is 9.95. The number of rotatable bonds is 7. The Hall–Kier alpha value is -0.610. The highest BCUT2D eigenvalue weighted by atomic mass is 16.1. The van der Waals surface area contributed by atoms with Gasteiger partial charge in [-0.15, -0.1) is 0 Å². The topological polar surface area (TPSA) is 58.4 Å². The van der Waals surface area contributed by atoms with E-state index in [0.29, 0.717) is 6.54 Å². The molecule has 3 N–H and O–H groups in total. The van der Waals surface area contributed by atoms with Crippen molar-refractivity contribution < 1.29 is 4.79 Å². The molecule has 1 fully saturated rings. The van der Waals surface area contributed by atoms with Crippen molar-refractivity contribution in [2.24, 2.45) is 11.7 Å². The van der Waals surface area contributed by atoms with E-state index in [2.05, 4.69) is 24.3 Å². The molecule has 0 spiro atoms. The van der Waals surface area contributed by atoms with Crippen molar-refractivity contribution in [2.75, 3.05) is 27.2 Å². The van der Waals surface area contributed by atoms with E-state index in [1.54, 1.807) is 0 Å². The Morgan fingerprint density at radius 1 is 1.39 bits per heavy atom. The second kappa shape index (κ2) is 7.10. The molecule has 1 aliphatic carbocycles. The van der Waals surface area contributed by atoms with Gasteiger partial charge in [-0.2, -0.15) is 0 Å². The summed E-state index contributed by atoms with van der Waals surface area (Å²) in [4.78, 5) is 14.3. The molecule has 0 aromatic heterocycles. The molecule has 1 amide bonds. The number of carbonyl (C=O) groups excluding carboxylic acids is 1. The number of nitrogens with zero attached hydrogens (tertiary/aromatic N) is 1. The molecule has 0 aromatic carbocycles. The first-order valence-corrected chi connectivity index (χ1v) is 7.17. The summed E-state index contributed by atoms with van der Waals surface area (Å²) in [5.41, 5.74) is 5.66. The second-order valence-electron chi connectivity index (χ2n) is 5.88. The van der Waals surface area contributed by atoms with Crippen molar-refractivity contribution in [1.82, 2.24) is 10.2 Å². The summed E-state index contributed by atoms with van der Waals surface area (Å²) in [6, 6.07) is 0. The SMILES string of the molecule is CC(CCCN)C(=O)NCC1(N(C)C)CCCC1. The summed E-state index contributed by atoms with van der Waals surface area (Å²) >= 11 is 0. The molecule has 0 heterocycles. The van der Waals surface area contributed by atoms with Crippen LogP contribution < -0.4 is 11.1 Å². The van der Waals surface area contributed by atoms with Gasteiger partial charge in [0, 0.05) is 18.0 Å². The normalized spacial score (nSPS) is 20.1. The van der Waals surface area contributed by atoms with Gasteiger partial charge < -0.3 is 16.0 Å². The molecular formula is C14H29N3O. The minimum atomic E-state index is 0.0779. The average molecular weight is 255 g/mol. The van der Waals surface area contributed by atoms with Crippen LogP contribution in [0.2, 0.25) is 0 Å². The number of likely N-dealkylation sites (N-methyl/N-ethyl adjacent to an activating group) is 1. The highest BCUT2D eigenvalue weighted by Crippen LogP contribution is 2.33. The zero-order chi connectivity index (χ0) is 13.6. The monoisotopic (exact) mass is 255 g/mol. The third-order valence-electron chi connectivity index (χ3n) is 4.36. The summed E-state index contributed by atoms with van der Waals surface area (Å²) in [7, 11) is 4.24. The molecule has 1 unspecified atom stereocenters. The summed E-state index contributed by atoms with van der Waals surface area (Å²) in [5, 5.41) is 3.13. The van der Waals surface area contributed by atoms with E-state index >= 15 is 0 Å². The first-order valence-electron chi connectivity index (χ1n) is 7.17. The Morgan fingerprint density at radius 3 is 2.50 bits per heavy atom. The average Bonchev–Trinajstić information content (AvgIpc) is 2.83. The van der Waals surface area contributed by atoms with Crippen LogP contribution in [0.3, 0.4) is 0 Å². The molecule has 1 saturated carbocycles. The van der Waals surface area contributed by atoms with E-state index in [-0.39, 0.29) is 17.4 Å². The lowest BCUT2D eigenvalue weighted by Crippen LogP contribution is -2.51. The van der Waals surface area contributed by atoms with Crippen LogP contribution in [-0.2, 0) is 4.79 Å². The third-order valence-corrected chi connectivity index (χ3v) is 4.36. The van der Waals surface area contributed by atoms with Crippen molar-refractivity contribution in [1.29, 1.82) is 0 Å². The van der Waals surface area contributed by atoms with E-state index in [1.165, 1.54) is 25.7 Å². The predicted molar refractivity (Wildman–Crippen MR) is 75.3 cm³/mol. The molecule has 4 heteroatoms. The molecule has 0 aliphatic heterocycles. The maximum Gasteiger partial charge on any atom is 0.222 e. The number of carbonyl (C=O) groups is 1. The van der Waals surface area contributed by atoms with Crippen LogP contribution in [-0.4, -0.2) is 43.5 Å². The van der Waals surface area contributed by atoms with Crippen LogP contribution in [0.4, 0.5) is 0 Å². The fourth-order valence-electron chi connectivity index (χ4n) is 2.80. The van der Waals surface area contributed by atoms with Crippen LogP contribution >= 0.6 is 0 Å². The van der Waals surface area contributed by atoms with Gasteiger partial charge in [-0.1, -0.05) is 19.8 Å². The molecule has 106 valence electrons. The summed E-state index contributed by atoms with van der Waals surface area (Å²) < 4.78 is 0. The van der Waals surface area contributed by atoms with Crippen molar-refractivity contribution in [3.05, 3.63) is 0 Å². The fourth-order valence-corrected chi connectivity index (χ4v) is 2.80. The lowest BCUT2D eigenvalue weighted by molar-refractivity contribution is -0.125. The molecule has 1 atom stereocenters. The Labute approximate surface area is 111 Å². The fraction of sp³-hybridized carbons (Fsp3) is 0.929. The number of hydrogen-bond acceptors (Lipinski definition) is 3. The maximum absolute atomic E-state index is 12.0. The molecule has 0 radical (unpaired) electrons. The molecule has 0 saturated heterocycles. The van der Waals surface area contributed by atoms with Gasteiger partial charge in [0.05, 0.1) is 0 Å². The van der Waals surface area contributed by atoms with Gasteiger partial charge in [-0.25, -0.2) is 0 Å². The zero-order valence-electron chi connectivity index (χ0n) is 12.2. The largest absolute Gasteiger partial charge is 0.354 e. The van der Waals surface area contributed by atoms with Crippen LogP contribution in [0.1, 0.15) is 45.4 Å². The van der Waals surface area contributed by atoms with E-state index in [1.807, 2.05) is 6.92 Å². The predicted octanol–water partition coefficient (Wildman–Crippen LogP) is 1.35. The first-order chi connectivity index (χ1) is 8.52. The maximum atomic E-state index is 12.0. The zero-order valence-corrected chi connectivity index (χ0v) is 12.2. The van der Waals surface area contributed by atoms with Gasteiger partial charge in [-0.3, -0.25) is 4.79 Å². The molecule has 4 nitrogen and oxygen atoms in total. The summed E-state index contributed by atoms with van der Waals surface area (Å²) in [6.45, 7) is 3.44. The summed E-state index contributed by atoms with van der Waals surface area (Å²) in [6.07, 6.45) is 6.74. The Kier molecular flexibility index (Phi) is 6.09. The Balaban J connectivity index is 2.40. The molecule has 1 rings (SSSR count). The van der Waals surface area contributed by atoms with Crippen molar-refractivity contribution in [3.63, 3.8) is 0 Å². The van der Waals surface area contributed by atoms with Gasteiger partial charge in [0.2, 0.25) is 5.91 Å². The molecule has 18 heavy (non-hydrogen) atoms. The van der Waals surface area contributed by atoms with Gasteiger partial charge in [0.25, 0.3) is 0 Å². The third kappa shape index (κ3) is 3.95. The first kappa shape index (κ1) is 15.4. The highest BCUT2D eigenvalue weighted by molar-refractivity contribution is 5.78. The smallest absolute Gasteiger partial charge is 0.222 e. The van der Waals surface area contributed by atoms with E-state index in [4.69, 9.17) is 5.73 Å². The molecule has 0 bridgehead atoms. The highest BCUT2D eigenvalue weighted by Gasteiger charge is 2.36. The van der Waals surface area contributed by atoms with Crippen molar-refractivity contribution >= 4 is 5.91 Å². The van der Waals surface area contributed by atoms with Gasteiger partial charge >= 0.3 is 0 Å². The molecule has 0 aromatic rings. The van der Waals surface area contributed by atoms with Crippen LogP contribution in [0.5, 0.6) is 0 Å². The number of nitrogens with one attached hydrogen (secondary N) is 1. The van der Waals surface area contributed by atoms with Gasteiger partial charge in [0.15, 0.2) is 0 Å². The van der Waals surface area contributed by atoms with Gasteiger partial charge in [0.1, 0.15) is 0 Å². The minimum absolute atomic E-state index is 0.0779. The minimum Gasteiger partial charge on any atom is -0.354 e. The quantitative estimate of drug-likeness (QED) is 0.722. The van der Waals surface area contributed by atoms with Crippen LogP contribution in [0.15, 0.2) is 0 Å².